The van der Waals surface area contributed by atoms with Crippen molar-refractivity contribution in [3.63, 3.8) is 0 Å². The first-order valence-electron chi connectivity index (χ1n) is 7.39. The van der Waals surface area contributed by atoms with Gasteiger partial charge < -0.3 is 9.47 Å². The van der Waals surface area contributed by atoms with E-state index in [0.29, 0.717) is 28.2 Å². The molecule has 2 rings (SSSR count). The van der Waals surface area contributed by atoms with Crippen LogP contribution in [-0.4, -0.2) is 37.5 Å². The highest BCUT2D eigenvalue weighted by Gasteiger charge is 2.34. The molecule has 0 bridgehead atoms. The van der Waals surface area contributed by atoms with Crippen LogP contribution in [0.4, 0.5) is 0 Å². The Morgan fingerprint density at radius 2 is 1.92 bits per heavy atom. The van der Waals surface area contributed by atoms with E-state index < -0.39 is 11.8 Å². The minimum Gasteiger partial charge on any atom is -0.497 e. The van der Waals surface area contributed by atoms with Gasteiger partial charge in [0, 0.05) is 23.7 Å². The maximum absolute atomic E-state index is 12.6. The van der Waals surface area contributed by atoms with Crippen LogP contribution in [0.5, 0.6) is 11.5 Å². The lowest BCUT2D eigenvalue weighted by Gasteiger charge is -2.26. The van der Waals surface area contributed by atoms with Crippen molar-refractivity contribution in [1.82, 2.24) is 4.90 Å². The predicted octanol–water partition coefficient (Wildman–Crippen LogP) is 2.32. The molecule has 0 aromatic heterocycles. The molecule has 124 valence electrons. The number of rotatable bonds is 4. The minimum atomic E-state index is -0.554. The molecule has 0 saturated carbocycles. The second kappa shape index (κ2) is 7.01. The molecule has 0 aliphatic carbocycles. The molecule has 1 aromatic carbocycles. The van der Waals surface area contributed by atoms with Gasteiger partial charge in [-0.1, -0.05) is 0 Å². The van der Waals surface area contributed by atoms with E-state index in [2.05, 4.69) is 0 Å². The summed E-state index contributed by atoms with van der Waals surface area (Å²) in [5.41, 5.74) is 1.31. The van der Waals surface area contributed by atoms with Crippen LogP contribution in [0.15, 0.2) is 34.9 Å². The maximum atomic E-state index is 12.6. The Morgan fingerprint density at radius 3 is 2.46 bits per heavy atom. The topological polar surface area (TPSA) is 79.6 Å². The molecule has 6 heteroatoms. The molecule has 1 heterocycles. The molecule has 24 heavy (non-hydrogen) atoms. The second-order valence-electron chi connectivity index (χ2n) is 5.13. The fourth-order valence-corrected chi connectivity index (χ4v) is 2.51. The van der Waals surface area contributed by atoms with Crippen LogP contribution in [-0.2, 0) is 9.59 Å². The first-order valence-corrected chi connectivity index (χ1v) is 7.39. The standard InChI is InChI=1S/C18H18N2O4/c1-5-20-17(21)14(11(2)15(10-19)18(20)22)8-12-6-7-13(23-3)9-16(12)24-4/h6-9H,5H2,1-4H3/b14-8+. The van der Waals surface area contributed by atoms with E-state index in [1.54, 1.807) is 45.2 Å². The zero-order valence-corrected chi connectivity index (χ0v) is 14.0. The summed E-state index contributed by atoms with van der Waals surface area (Å²) in [6, 6.07) is 7.10. The van der Waals surface area contributed by atoms with Crippen molar-refractivity contribution < 1.29 is 19.1 Å². The smallest absolute Gasteiger partial charge is 0.271 e. The van der Waals surface area contributed by atoms with Gasteiger partial charge in [-0.2, -0.15) is 5.26 Å². The SMILES string of the molecule is CCN1C(=O)C(C#N)=C(C)/C(=C\c2ccc(OC)cc2OC)C1=O. The summed E-state index contributed by atoms with van der Waals surface area (Å²) in [5, 5.41) is 9.25. The normalized spacial score (nSPS) is 16.5. The second-order valence-corrected chi connectivity index (χ2v) is 5.13. The summed E-state index contributed by atoms with van der Waals surface area (Å²) >= 11 is 0. The molecule has 0 atom stereocenters. The summed E-state index contributed by atoms with van der Waals surface area (Å²) in [4.78, 5) is 25.8. The molecule has 0 saturated heterocycles. The quantitative estimate of drug-likeness (QED) is 0.626. The van der Waals surface area contributed by atoms with Gasteiger partial charge in [0.2, 0.25) is 0 Å². The molecule has 0 N–H and O–H groups in total. The number of benzene rings is 1. The van der Waals surface area contributed by atoms with Crippen LogP contribution < -0.4 is 9.47 Å². The van der Waals surface area contributed by atoms with Crippen LogP contribution in [0.1, 0.15) is 19.4 Å². The van der Waals surface area contributed by atoms with Crippen LogP contribution >= 0.6 is 0 Å². The van der Waals surface area contributed by atoms with E-state index in [-0.39, 0.29) is 12.1 Å². The monoisotopic (exact) mass is 326 g/mol. The number of carbonyl (C=O) groups is 2. The molecule has 0 spiro atoms. The van der Waals surface area contributed by atoms with Crippen LogP contribution in [0.2, 0.25) is 0 Å². The average molecular weight is 326 g/mol. The lowest BCUT2D eigenvalue weighted by molar-refractivity contribution is -0.140. The number of nitrogens with zero attached hydrogens (tertiary/aromatic N) is 2. The van der Waals surface area contributed by atoms with Gasteiger partial charge in [-0.15, -0.1) is 0 Å². The average Bonchev–Trinajstić information content (AvgIpc) is 2.59. The minimum absolute atomic E-state index is 0.0184. The van der Waals surface area contributed by atoms with Gasteiger partial charge in [0.25, 0.3) is 11.8 Å². The van der Waals surface area contributed by atoms with Crippen molar-refractivity contribution in [2.45, 2.75) is 13.8 Å². The number of nitriles is 1. The van der Waals surface area contributed by atoms with Gasteiger partial charge >= 0.3 is 0 Å². The Hall–Kier alpha value is -3.07. The molecule has 0 unspecified atom stereocenters. The van der Waals surface area contributed by atoms with Crippen molar-refractivity contribution in [3.05, 3.63) is 40.5 Å². The molecule has 1 aliphatic rings. The van der Waals surface area contributed by atoms with Crippen molar-refractivity contribution in [3.8, 4) is 17.6 Å². The third-order valence-corrected chi connectivity index (χ3v) is 3.88. The highest BCUT2D eigenvalue weighted by atomic mass is 16.5. The first-order chi connectivity index (χ1) is 11.5. The summed E-state index contributed by atoms with van der Waals surface area (Å²) in [6.07, 6.45) is 1.63. The van der Waals surface area contributed by atoms with E-state index >= 15 is 0 Å². The molecule has 0 radical (unpaired) electrons. The third kappa shape index (κ3) is 2.88. The van der Waals surface area contributed by atoms with Crippen LogP contribution in [0, 0.1) is 11.3 Å². The molecule has 6 nitrogen and oxygen atoms in total. The molecule has 1 aliphatic heterocycles. The van der Waals surface area contributed by atoms with Crippen LogP contribution in [0.3, 0.4) is 0 Å². The number of ether oxygens (including phenoxy) is 2. The largest absolute Gasteiger partial charge is 0.497 e. The molecule has 2 amide bonds. The van der Waals surface area contributed by atoms with E-state index in [4.69, 9.17) is 9.47 Å². The van der Waals surface area contributed by atoms with E-state index in [1.807, 2.05) is 6.07 Å². The van der Waals surface area contributed by atoms with E-state index in [9.17, 15) is 14.9 Å². The Kier molecular flexibility index (Phi) is 5.05. The van der Waals surface area contributed by atoms with Crippen molar-refractivity contribution >= 4 is 17.9 Å². The van der Waals surface area contributed by atoms with Crippen molar-refractivity contribution in [1.29, 1.82) is 5.26 Å². The van der Waals surface area contributed by atoms with Crippen molar-refractivity contribution in [2.75, 3.05) is 20.8 Å². The van der Waals surface area contributed by atoms with E-state index in [0.717, 1.165) is 4.90 Å². The summed E-state index contributed by atoms with van der Waals surface area (Å²) < 4.78 is 10.5. The zero-order chi connectivity index (χ0) is 17.9. The molecule has 0 fully saturated rings. The van der Waals surface area contributed by atoms with Crippen LogP contribution in [0.25, 0.3) is 6.08 Å². The number of carbonyl (C=O) groups excluding carboxylic acids is 2. The van der Waals surface area contributed by atoms with Crippen molar-refractivity contribution in [2.24, 2.45) is 0 Å². The molecular formula is C18H18N2O4. The Morgan fingerprint density at radius 1 is 1.21 bits per heavy atom. The van der Waals surface area contributed by atoms with Gasteiger partial charge in [0.05, 0.1) is 14.2 Å². The lowest BCUT2D eigenvalue weighted by atomic mass is 9.93. The number of amides is 2. The molecular weight excluding hydrogens is 308 g/mol. The Labute approximate surface area is 140 Å². The number of hydrogen-bond acceptors (Lipinski definition) is 5. The first kappa shape index (κ1) is 17.3. The number of imide groups is 1. The number of methoxy groups -OCH3 is 2. The van der Waals surface area contributed by atoms with Gasteiger partial charge in [0.15, 0.2) is 0 Å². The predicted molar refractivity (Wildman–Crippen MR) is 88.2 cm³/mol. The lowest BCUT2D eigenvalue weighted by Crippen LogP contribution is -2.42. The molecule has 1 aromatic rings. The zero-order valence-electron chi connectivity index (χ0n) is 14.0. The number of hydrogen-bond donors (Lipinski definition) is 0. The maximum Gasteiger partial charge on any atom is 0.271 e. The fraction of sp³-hybridized carbons (Fsp3) is 0.278. The Bertz CT molecular complexity index is 800. The highest BCUT2D eigenvalue weighted by molar-refractivity contribution is 6.19. The van der Waals surface area contributed by atoms with Gasteiger partial charge in [-0.05, 0) is 37.6 Å². The summed E-state index contributed by atoms with van der Waals surface area (Å²) in [5.74, 6) is 0.179. The Balaban J connectivity index is 2.63. The van der Waals surface area contributed by atoms with E-state index in [1.165, 1.54) is 7.11 Å². The number of likely N-dealkylation sites (N-methyl/N-ethyl adjacent to an activating group) is 1. The summed E-state index contributed by atoms with van der Waals surface area (Å²) in [7, 11) is 3.07. The summed E-state index contributed by atoms with van der Waals surface area (Å²) in [6.45, 7) is 3.49. The van der Waals surface area contributed by atoms with Gasteiger partial charge in [-0.25, -0.2) is 0 Å². The van der Waals surface area contributed by atoms with Gasteiger partial charge in [-0.3, -0.25) is 14.5 Å². The van der Waals surface area contributed by atoms with Gasteiger partial charge in [0.1, 0.15) is 23.1 Å². The fourth-order valence-electron chi connectivity index (χ4n) is 2.51. The highest BCUT2D eigenvalue weighted by Crippen LogP contribution is 2.31. The third-order valence-electron chi connectivity index (χ3n) is 3.88.